The van der Waals surface area contributed by atoms with E-state index in [1.807, 2.05) is 12.1 Å². The van der Waals surface area contributed by atoms with Gasteiger partial charge in [0.2, 0.25) is 0 Å². The van der Waals surface area contributed by atoms with Crippen LogP contribution in [0.2, 0.25) is 0 Å². The van der Waals surface area contributed by atoms with Gasteiger partial charge in [0.15, 0.2) is 11.5 Å². The average molecular weight is 251 g/mol. The van der Waals surface area contributed by atoms with Gasteiger partial charge < -0.3 is 19.5 Å². The number of ether oxygens (including phenoxy) is 3. The number of hydrogen-bond donors (Lipinski definition) is 1. The molecule has 1 aliphatic rings. The van der Waals surface area contributed by atoms with Crippen molar-refractivity contribution in [1.29, 1.82) is 0 Å². The molecule has 0 spiro atoms. The Bertz CT molecular complexity index is 400. The van der Waals surface area contributed by atoms with Crippen LogP contribution in [-0.2, 0) is 0 Å². The van der Waals surface area contributed by atoms with Crippen LogP contribution in [0.5, 0.6) is 17.2 Å². The van der Waals surface area contributed by atoms with E-state index < -0.39 is 0 Å². The molecule has 0 unspecified atom stereocenters. The first-order valence-electron chi connectivity index (χ1n) is 6.30. The van der Waals surface area contributed by atoms with Gasteiger partial charge in [-0.2, -0.15) is 0 Å². The Hall–Kier alpha value is -1.42. The highest BCUT2D eigenvalue weighted by Gasteiger charge is 2.21. The zero-order valence-electron chi connectivity index (χ0n) is 11.3. The molecule has 0 radical (unpaired) electrons. The van der Waals surface area contributed by atoms with Crippen LogP contribution < -0.4 is 19.5 Å². The summed E-state index contributed by atoms with van der Waals surface area (Å²) in [5.41, 5.74) is 1.22. The third-order valence-corrected chi connectivity index (χ3v) is 3.51. The molecule has 0 amide bonds. The molecule has 1 saturated heterocycles. The standard InChI is InChI=1S/C14H21NO3/c1-16-12-9-14(18-3)13(17-2)8-11(12)10-4-6-15-7-5-10/h8-10,15H,4-7H2,1-3H3. The second-order valence-electron chi connectivity index (χ2n) is 4.47. The maximum atomic E-state index is 5.48. The number of hydrogen-bond acceptors (Lipinski definition) is 4. The minimum atomic E-state index is 0.529. The zero-order chi connectivity index (χ0) is 13.0. The third kappa shape index (κ3) is 2.53. The Balaban J connectivity index is 2.37. The van der Waals surface area contributed by atoms with Crippen LogP contribution in [0.25, 0.3) is 0 Å². The van der Waals surface area contributed by atoms with E-state index >= 15 is 0 Å². The van der Waals surface area contributed by atoms with Crippen molar-refractivity contribution in [2.45, 2.75) is 18.8 Å². The second kappa shape index (κ2) is 5.96. The molecule has 1 N–H and O–H groups in total. The molecular formula is C14H21NO3. The van der Waals surface area contributed by atoms with E-state index in [-0.39, 0.29) is 0 Å². The summed E-state index contributed by atoms with van der Waals surface area (Å²) in [6.45, 7) is 2.12. The lowest BCUT2D eigenvalue weighted by atomic mass is 9.89. The monoisotopic (exact) mass is 251 g/mol. The van der Waals surface area contributed by atoms with Crippen molar-refractivity contribution in [3.05, 3.63) is 17.7 Å². The summed E-state index contributed by atoms with van der Waals surface area (Å²) in [5, 5.41) is 3.38. The minimum absolute atomic E-state index is 0.529. The van der Waals surface area contributed by atoms with Gasteiger partial charge >= 0.3 is 0 Å². The van der Waals surface area contributed by atoms with Crippen LogP contribution >= 0.6 is 0 Å². The lowest BCUT2D eigenvalue weighted by Crippen LogP contribution is -2.26. The fraction of sp³-hybridized carbons (Fsp3) is 0.571. The van der Waals surface area contributed by atoms with E-state index in [4.69, 9.17) is 14.2 Å². The van der Waals surface area contributed by atoms with Gasteiger partial charge in [0.05, 0.1) is 21.3 Å². The van der Waals surface area contributed by atoms with Crippen molar-refractivity contribution in [1.82, 2.24) is 5.32 Å². The summed E-state index contributed by atoms with van der Waals surface area (Å²) in [5.74, 6) is 2.90. The molecular weight excluding hydrogens is 230 g/mol. The Kier molecular flexibility index (Phi) is 4.31. The molecule has 0 atom stereocenters. The molecule has 1 aromatic rings. The molecule has 0 saturated carbocycles. The summed E-state index contributed by atoms with van der Waals surface area (Å²) in [4.78, 5) is 0. The molecule has 100 valence electrons. The van der Waals surface area contributed by atoms with E-state index in [9.17, 15) is 0 Å². The molecule has 0 aromatic heterocycles. The molecule has 1 aliphatic heterocycles. The van der Waals surface area contributed by atoms with Gasteiger partial charge in [0, 0.05) is 11.6 Å². The van der Waals surface area contributed by atoms with E-state index in [0.717, 1.165) is 37.4 Å². The Morgan fingerprint density at radius 3 is 2.00 bits per heavy atom. The predicted molar refractivity (Wildman–Crippen MR) is 70.9 cm³/mol. The first-order chi connectivity index (χ1) is 8.80. The van der Waals surface area contributed by atoms with Gasteiger partial charge in [-0.1, -0.05) is 0 Å². The van der Waals surface area contributed by atoms with Gasteiger partial charge in [0.1, 0.15) is 5.75 Å². The molecule has 1 fully saturated rings. The maximum absolute atomic E-state index is 5.48. The first kappa shape index (κ1) is 13.0. The number of nitrogens with one attached hydrogen (secondary N) is 1. The predicted octanol–water partition coefficient (Wildman–Crippen LogP) is 2.18. The van der Waals surface area contributed by atoms with Gasteiger partial charge in [-0.05, 0) is 37.9 Å². The summed E-state index contributed by atoms with van der Waals surface area (Å²) in [7, 11) is 5.00. The molecule has 0 bridgehead atoms. The molecule has 18 heavy (non-hydrogen) atoms. The Morgan fingerprint density at radius 1 is 0.889 bits per heavy atom. The molecule has 1 heterocycles. The molecule has 0 aliphatic carbocycles. The Morgan fingerprint density at radius 2 is 1.44 bits per heavy atom. The van der Waals surface area contributed by atoms with Crippen molar-refractivity contribution in [2.75, 3.05) is 34.4 Å². The van der Waals surface area contributed by atoms with Crippen molar-refractivity contribution in [3.8, 4) is 17.2 Å². The summed E-state index contributed by atoms with van der Waals surface area (Å²) in [6.07, 6.45) is 2.26. The lowest BCUT2D eigenvalue weighted by Gasteiger charge is -2.25. The number of benzene rings is 1. The van der Waals surface area contributed by atoms with Gasteiger partial charge in [0.25, 0.3) is 0 Å². The third-order valence-electron chi connectivity index (χ3n) is 3.51. The van der Waals surface area contributed by atoms with Crippen molar-refractivity contribution < 1.29 is 14.2 Å². The van der Waals surface area contributed by atoms with Crippen LogP contribution in [0.1, 0.15) is 24.3 Å². The normalized spacial score (nSPS) is 16.4. The summed E-state index contributed by atoms with van der Waals surface area (Å²) >= 11 is 0. The average Bonchev–Trinajstić information content (AvgIpc) is 2.46. The van der Waals surface area contributed by atoms with Crippen LogP contribution in [0, 0.1) is 0 Å². The van der Waals surface area contributed by atoms with E-state index in [2.05, 4.69) is 5.32 Å². The van der Waals surface area contributed by atoms with Gasteiger partial charge in [-0.3, -0.25) is 0 Å². The summed E-state index contributed by atoms with van der Waals surface area (Å²) < 4.78 is 16.2. The topological polar surface area (TPSA) is 39.7 Å². The van der Waals surface area contributed by atoms with Crippen molar-refractivity contribution in [3.63, 3.8) is 0 Å². The second-order valence-corrected chi connectivity index (χ2v) is 4.47. The van der Waals surface area contributed by atoms with Crippen LogP contribution in [0.15, 0.2) is 12.1 Å². The first-order valence-corrected chi connectivity index (χ1v) is 6.30. The minimum Gasteiger partial charge on any atom is -0.496 e. The molecule has 4 heteroatoms. The number of rotatable bonds is 4. The molecule has 1 aromatic carbocycles. The zero-order valence-corrected chi connectivity index (χ0v) is 11.3. The highest BCUT2D eigenvalue weighted by molar-refractivity contribution is 5.52. The molecule has 4 nitrogen and oxygen atoms in total. The molecule has 2 rings (SSSR count). The van der Waals surface area contributed by atoms with Crippen molar-refractivity contribution >= 4 is 0 Å². The van der Waals surface area contributed by atoms with Crippen LogP contribution in [-0.4, -0.2) is 34.4 Å². The van der Waals surface area contributed by atoms with E-state index in [0.29, 0.717) is 11.7 Å². The van der Waals surface area contributed by atoms with E-state index in [1.165, 1.54) is 5.56 Å². The summed E-state index contributed by atoms with van der Waals surface area (Å²) in [6, 6.07) is 3.96. The van der Waals surface area contributed by atoms with E-state index in [1.54, 1.807) is 21.3 Å². The number of piperidine rings is 1. The quantitative estimate of drug-likeness (QED) is 0.890. The van der Waals surface area contributed by atoms with Crippen LogP contribution in [0.3, 0.4) is 0 Å². The van der Waals surface area contributed by atoms with Gasteiger partial charge in [-0.25, -0.2) is 0 Å². The SMILES string of the molecule is COc1cc(OC)c(C2CCNCC2)cc1OC. The smallest absolute Gasteiger partial charge is 0.164 e. The van der Waals surface area contributed by atoms with Crippen molar-refractivity contribution in [2.24, 2.45) is 0 Å². The lowest BCUT2D eigenvalue weighted by molar-refractivity contribution is 0.344. The van der Waals surface area contributed by atoms with Crippen LogP contribution in [0.4, 0.5) is 0 Å². The maximum Gasteiger partial charge on any atom is 0.164 e. The highest BCUT2D eigenvalue weighted by Crippen LogP contribution is 2.40. The largest absolute Gasteiger partial charge is 0.496 e. The number of methoxy groups -OCH3 is 3. The van der Waals surface area contributed by atoms with Gasteiger partial charge in [-0.15, -0.1) is 0 Å². The fourth-order valence-electron chi connectivity index (χ4n) is 2.50. The fourth-order valence-corrected chi connectivity index (χ4v) is 2.50. The Labute approximate surface area is 108 Å². The highest BCUT2D eigenvalue weighted by atomic mass is 16.5.